The molecule has 0 saturated carbocycles. The van der Waals surface area contributed by atoms with Crippen molar-refractivity contribution in [2.24, 2.45) is 5.73 Å². The molecule has 0 heterocycles. The quantitative estimate of drug-likeness (QED) is 0.553. The van der Waals surface area contributed by atoms with Gasteiger partial charge in [-0.05, 0) is 6.92 Å². The van der Waals surface area contributed by atoms with E-state index in [4.69, 9.17) is 10.5 Å². The standard InChI is InChI=1S/C7H14N2O3/c1-4-12-5(6(8)10)7(11)9(2)3/h5H,4H2,1-3H3,(H2,8,10). The van der Waals surface area contributed by atoms with Gasteiger partial charge in [0.15, 0.2) is 0 Å². The van der Waals surface area contributed by atoms with Crippen LogP contribution in [-0.2, 0) is 14.3 Å². The molecule has 0 rings (SSSR count). The first-order chi connectivity index (χ1) is 5.50. The topological polar surface area (TPSA) is 72.6 Å². The minimum absolute atomic E-state index is 0.285. The Balaban J connectivity index is 4.30. The molecule has 2 amide bonds. The van der Waals surface area contributed by atoms with Crippen molar-refractivity contribution in [2.45, 2.75) is 13.0 Å². The van der Waals surface area contributed by atoms with E-state index in [0.29, 0.717) is 0 Å². The van der Waals surface area contributed by atoms with Crippen molar-refractivity contribution in [1.29, 1.82) is 0 Å². The number of rotatable bonds is 4. The number of nitrogens with zero attached hydrogens (tertiary/aromatic N) is 1. The Kier molecular flexibility index (Phi) is 4.28. The summed E-state index contributed by atoms with van der Waals surface area (Å²) in [7, 11) is 3.08. The lowest BCUT2D eigenvalue weighted by Gasteiger charge is -2.17. The summed E-state index contributed by atoms with van der Waals surface area (Å²) in [6.07, 6.45) is -1.15. The van der Waals surface area contributed by atoms with Crippen LogP contribution in [0.15, 0.2) is 0 Å². The number of likely N-dealkylation sites (N-methyl/N-ethyl adjacent to an activating group) is 1. The molecule has 0 saturated heterocycles. The molecule has 0 spiro atoms. The van der Waals surface area contributed by atoms with Gasteiger partial charge in [0.25, 0.3) is 11.8 Å². The van der Waals surface area contributed by atoms with Gasteiger partial charge in [-0.3, -0.25) is 9.59 Å². The number of hydrogen-bond donors (Lipinski definition) is 1. The number of carbonyl (C=O) groups is 2. The maximum atomic E-state index is 11.2. The van der Waals surface area contributed by atoms with Gasteiger partial charge in [0, 0.05) is 20.7 Å². The van der Waals surface area contributed by atoms with Crippen LogP contribution in [0.3, 0.4) is 0 Å². The number of amides is 2. The first-order valence-corrected chi connectivity index (χ1v) is 3.62. The van der Waals surface area contributed by atoms with Gasteiger partial charge in [-0.15, -0.1) is 0 Å². The van der Waals surface area contributed by atoms with Gasteiger partial charge in [0.05, 0.1) is 0 Å². The highest BCUT2D eigenvalue weighted by Gasteiger charge is 2.25. The minimum Gasteiger partial charge on any atom is -0.367 e. The van der Waals surface area contributed by atoms with Crippen LogP contribution >= 0.6 is 0 Å². The summed E-state index contributed by atoms with van der Waals surface area (Å²) < 4.78 is 4.86. The van der Waals surface area contributed by atoms with Crippen LogP contribution in [-0.4, -0.2) is 43.5 Å². The Hall–Kier alpha value is -1.10. The smallest absolute Gasteiger partial charge is 0.260 e. The van der Waals surface area contributed by atoms with Crippen LogP contribution in [0.5, 0.6) is 0 Å². The number of nitrogens with two attached hydrogens (primary N) is 1. The van der Waals surface area contributed by atoms with Gasteiger partial charge in [0.2, 0.25) is 6.10 Å². The van der Waals surface area contributed by atoms with Crippen LogP contribution in [0, 0.1) is 0 Å². The highest BCUT2D eigenvalue weighted by Crippen LogP contribution is 1.95. The third kappa shape index (κ3) is 2.87. The van der Waals surface area contributed by atoms with Crippen molar-refractivity contribution >= 4 is 11.8 Å². The normalized spacial score (nSPS) is 12.2. The highest BCUT2D eigenvalue weighted by molar-refractivity contribution is 6.02. The molecule has 0 bridgehead atoms. The van der Waals surface area contributed by atoms with Crippen molar-refractivity contribution in [2.75, 3.05) is 20.7 Å². The predicted molar refractivity (Wildman–Crippen MR) is 43.3 cm³/mol. The first-order valence-electron chi connectivity index (χ1n) is 3.62. The summed E-state index contributed by atoms with van der Waals surface area (Å²) in [5.41, 5.74) is 4.95. The van der Waals surface area contributed by atoms with Crippen molar-refractivity contribution in [3.05, 3.63) is 0 Å². The van der Waals surface area contributed by atoms with E-state index in [1.165, 1.54) is 19.0 Å². The summed E-state index contributed by atoms with van der Waals surface area (Å²) in [5, 5.41) is 0. The molecule has 1 atom stereocenters. The molecule has 0 aromatic carbocycles. The molecule has 5 nitrogen and oxygen atoms in total. The van der Waals surface area contributed by atoms with Gasteiger partial charge in [-0.25, -0.2) is 0 Å². The second-order valence-electron chi connectivity index (χ2n) is 2.47. The molecule has 0 fully saturated rings. The Morgan fingerprint density at radius 3 is 2.25 bits per heavy atom. The summed E-state index contributed by atoms with van der Waals surface area (Å²) >= 11 is 0. The van der Waals surface area contributed by atoms with E-state index in [1.54, 1.807) is 6.92 Å². The van der Waals surface area contributed by atoms with E-state index in [9.17, 15) is 9.59 Å². The lowest BCUT2D eigenvalue weighted by Crippen LogP contribution is -2.44. The lowest BCUT2D eigenvalue weighted by atomic mass is 10.3. The highest BCUT2D eigenvalue weighted by atomic mass is 16.5. The molecule has 5 heteroatoms. The van der Waals surface area contributed by atoms with Gasteiger partial charge >= 0.3 is 0 Å². The fraction of sp³-hybridized carbons (Fsp3) is 0.714. The third-order valence-electron chi connectivity index (χ3n) is 1.26. The molecule has 12 heavy (non-hydrogen) atoms. The molecule has 0 aromatic heterocycles. The molecular formula is C7H14N2O3. The number of carbonyl (C=O) groups excluding carboxylic acids is 2. The predicted octanol–water partition coefficient (Wildman–Crippen LogP) is -1.03. The number of hydrogen-bond acceptors (Lipinski definition) is 3. The van der Waals surface area contributed by atoms with E-state index >= 15 is 0 Å². The molecule has 0 aliphatic rings. The van der Waals surface area contributed by atoms with Gasteiger partial charge < -0.3 is 15.4 Å². The van der Waals surface area contributed by atoms with Gasteiger partial charge in [-0.1, -0.05) is 0 Å². The SMILES string of the molecule is CCOC(C(N)=O)C(=O)N(C)C. The molecule has 0 aliphatic carbocycles. The zero-order valence-electron chi connectivity index (χ0n) is 7.53. The monoisotopic (exact) mass is 174 g/mol. The summed E-state index contributed by atoms with van der Waals surface area (Å²) in [4.78, 5) is 23.1. The Morgan fingerprint density at radius 1 is 1.50 bits per heavy atom. The maximum Gasteiger partial charge on any atom is 0.260 e. The Labute approximate surface area is 71.5 Å². The van der Waals surface area contributed by atoms with Crippen LogP contribution in [0.25, 0.3) is 0 Å². The molecule has 1 unspecified atom stereocenters. The number of ether oxygens (including phenoxy) is 1. The van der Waals surface area contributed by atoms with Crippen LogP contribution in [0.1, 0.15) is 6.92 Å². The molecule has 70 valence electrons. The zero-order chi connectivity index (χ0) is 9.72. The average molecular weight is 174 g/mol. The van der Waals surface area contributed by atoms with Crippen molar-refractivity contribution in [3.8, 4) is 0 Å². The zero-order valence-corrected chi connectivity index (χ0v) is 7.53. The van der Waals surface area contributed by atoms with Gasteiger partial charge in [-0.2, -0.15) is 0 Å². The van der Waals surface area contributed by atoms with Gasteiger partial charge in [0.1, 0.15) is 0 Å². The fourth-order valence-electron chi connectivity index (χ4n) is 0.676. The van der Waals surface area contributed by atoms with Crippen LogP contribution in [0.2, 0.25) is 0 Å². The maximum absolute atomic E-state index is 11.2. The van der Waals surface area contributed by atoms with Crippen LogP contribution in [0.4, 0.5) is 0 Å². The largest absolute Gasteiger partial charge is 0.367 e. The lowest BCUT2D eigenvalue weighted by molar-refractivity contribution is -0.148. The van der Waals surface area contributed by atoms with E-state index < -0.39 is 17.9 Å². The molecular weight excluding hydrogens is 160 g/mol. The minimum atomic E-state index is -1.15. The average Bonchev–Trinajstić information content (AvgIpc) is 1.98. The van der Waals surface area contributed by atoms with E-state index in [2.05, 4.69) is 0 Å². The summed E-state index contributed by atoms with van der Waals surface area (Å²) in [6.45, 7) is 1.98. The second kappa shape index (κ2) is 4.71. The second-order valence-corrected chi connectivity index (χ2v) is 2.47. The molecule has 0 aromatic rings. The first kappa shape index (κ1) is 10.9. The van der Waals surface area contributed by atoms with Crippen molar-refractivity contribution in [3.63, 3.8) is 0 Å². The third-order valence-corrected chi connectivity index (χ3v) is 1.26. The van der Waals surface area contributed by atoms with E-state index in [-0.39, 0.29) is 6.61 Å². The van der Waals surface area contributed by atoms with Crippen molar-refractivity contribution < 1.29 is 14.3 Å². The van der Waals surface area contributed by atoms with E-state index in [1.807, 2.05) is 0 Å². The van der Waals surface area contributed by atoms with E-state index in [0.717, 1.165) is 0 Å². The Bertz CT molecular complexity index is 179. The molecule has 2 N–H and O–H groups in total. The van der Waals surface area contributed by atoms with Crippen LogP contribution < -0.4 is 5.73 Å². The summed E-state index contributed by atoms with van der Waals surface area (Å²) in [5.74, 6) is -1.18. The fourth-order valence-corrected chi connectivity index (χ4v) is 0.676. The summed E-state index contributed by atoms with van der Waals surface area (Å²) in [6, 6.07) is 0. The number of primary amides is 1. The molecule has 0 radical (unpaired) electrons. The Morgan fingerprint density at radius 2 is 2.00 bits per heavy atom. The van der Waals surface area contributed by atoms with Crippen molar-refractivity contribution in [1.82, 2.24) is 4.90 Å². The molecule has 0 aliphatic heterocycles.